The van der Waals surface area contributed by atoms with Crippen LogP contribution in [-0.2, 0) is 11.3 Å². The fraction of sp³-hybridized carbons (Fsp3) is 0.429. The van der Waals surface area contributed by atoms with Crippen molar-refractivity contribution in [2.24, 2.45) is 0 Å². The van der Waals surface area contributed by atoms with Crippen LogP contribution in [0.5, 0.6) is 0 Å². The Bertz CT molecular complexity index is 966. The number of fused-ring (bicyclic) bond motifs is 1. The van der Waals surface area contributed by atoms with Gasteiger partial charge in [0.2, 0.25) is 5.91 Å². The van der Waals surface area contributed by atoms with Gasteiger partial charge in [0.05, 0.1) is 6.33 Å². The van der Waals surface area contributed by atoms with E-state index in [2.05, 4.69) is 32.0 Å². The molecule has 0 spiro atoms. The highest BCUT2D eigenvalue weighted by molar-refractivity contribution is 5.85. The Balaban J connectivity index is 1.55. The van der Waals surface area contributed by atoms with Crippen molar-refractivity contribution >= 4 is 22.9 Å². The lowest BCUT2D eigenvalue weighted by molar-refractivity contribution is -0.135. The standard InChI is InChI=1S/C21H27N7O/c1-16(28-15-25-18-19(22)23-14-24-20(18)28)21(29)27(12-11-26-9-5-6-10-26)13-17-7-3-2-4-8-17/h2-4,7-8,14-16H,5-6,9-13H2,1H3,(H2,22,23,24). The molecular formula is C21H27N7O. The first-order valence-electron chi connectivity index (χ1n) is 10.1. The number of anilines is 1. The lowest BCUT2D eigenvalue weighted by atomic mass is 10.2. The van der Waals surface area contributed by atoms with Gasteiger partial charge < -0.3 is 20.1 Å². The van der Waals surface area contributed by atoms with Crippen molar-refractivity contribution in [1.29, 1.82) is 0 Å². The molecule has 0 bridgehead atoms. The number of nitrogens with zero attached hydrogens (tertiary/aromatic N) is 6. The monoisotopic (exact) mass is 393 g/mol. The molecule has 1 amide bonds. The molecule has 8 nitrogen and oxygen atoms in total. The van der Waals surface area contributed by atoms with E-state index in [1.165, 1.54) is 19.2 Å². The molecule has 1 aliphatic heterocycles. The third-order valence-electron chi connectivity index (χ3n) is 5.57. The van der Waals surface area contributed by atoms with Gasteiger partial charge in [-0.3, -0.25) is 4.79 Å². The molecule has 1 saturated heterocycles. The summed E-state index contributed by atoms with van der Waals surface area (Å²) >= 11 is 0. The minimum atomic E-state index is -0.434. The van der Waals surface area contributed by atoms with Crippen LogP contribution in [0.15, 0.2) is 43.0 Å². The minimum absolute atomic E-state index is 0.0459. The summed E-state index contributed by atoms with van der Waals surface area (Å²) in [6.45, 7) is 6.29. The predicted molar refractivity (Wildman–Crippen MR) is 112 cm³/mol. The highest BCUT2D eigenvalue weighted by Crippen LogP contribution is 2.21. The summed E-state index contributed by atoms with van der Waals surface area (Å²) < 4.78 is 1.78. The number of nitrogens with two attached hydrogens (primary N) is 1. The van der Waals surface area contributed by atoms with Gasteiger partial charge in [-0.05, 0) is 38.4 Å². The number of rotatable bonds is 7. The lowest BCUT2D eigenvalue weighted by Gasteiger charge is -2.28. The van der Waals surface area contributed by atoms with Gasteiger partial charge in [0, 0.05) is 19.6 Å². The van der Waals surface area contributed by atoms with Crippen molar-refractivity contribution in [3.05, 3.63) is 48.5 Å². The first-order chi connectivity index (χ1) is 14.1. The summed E-state index contributed by atoms with van der Waals surface area (Å²) in [5, 5.41) is 0. The highest BCUT2D eigenvalue weighted by atomic mass is 16.2. The topological polar surface area (TPSA) is 93.2 Å². The number of hydrogen-bond donors (Lipinski definition) is 1. The smallest absolute Gasteiger partial charge is 0.245 e. The second kappa shape index (κ2) is 8.57. The van der Waals surface area contributed by atoms with Crippen LogP contribution in [0.25, 0.3) is 11.2 Å². The third-order valence-corrected chi connectivity index (χ3v) is 5.57. The Labute approximate surface area is 170 Å². The zero-order valence-electron chi connectivity index (χ0n) is 16.7. The van der Waals surface area contributed by atoms with Gasteiger partial charge in [-0.15, -0.1) is 0 Å². The Hall–Kier alpha value is -3.00. The maximum atomic E-state index is 13.5. The highest BCUT2D eigenvalue weighted by Gasteiger charge is 2.25. The number of nitrogen functional groups attached to an aromatic ring is 1. The zero-order valence-corrected chi connectivity index (χ0v) is 16.7. The average Bonchev–Trinajstić information content (AvgIpc) is 3.41. The first-order valence-corrected chi connectivity index (χ1v) is 10.1. The van der Waals surface area contributed by atoms with Crippen LogP contribution in [0.1, 0.15) is 31.4 Å². The third kappa shape index (κ3) is 4.22. The molecule has 152 valence electrons. The number of amides is 1. The molecule has 0 aliphatic carbocycles. The summed E-state index contributed by atoms with van der Waals surface area (Å²) in [5.74, 6) is 0.369. The molecule has 1 fully saturated rings. The molecular weight excluding hydrogens is 366 g/mol. The maximum absolute atomic E-state index is 13.5. The Kier molecular flexibility index (Phi) is 5.71. The van der Waals surface area contributed by atoms with E-state index < -0.39 is 6.04 Å². The summed E-state index contributed by atoms with van der Waals surface area (Å²) in [6, 6.07) is 9.68. The number of hydrogen-bond acceptors (Lipinski definition) is 6. The largest absolute Gasteiger partial charge is 0.382 e. The summed E-state index contributed by atoms with van der Waals surface area (Å²) in [4.78, 5) is 30.4. The van der Waals surface area contributed by atoms with E-state index in [9.17, 15) is 4.79 Å². The second-order valence-electron chi connectivity index (χ2n) is 7.55. The summed E-state index contributed by atoms with van der Waals surface area (Å²) in [5.41, 5.74) is 8.13. The normalized spacial score (nSPS) is 15.6. The Morgan fingerprint density at radius 3 is 2.69 bits per heavy atom. The van der Waals surface area contributed by atoms with Gasteiger partial charge in [0.25, 0.3) is 0 Å². The van der Waals surface area contributed by atoms with E-state index >= 15 is 0 Å². The van der Waals surface area contributed by atoms with E-state index in [-0.39, 0.29) is 5.91 Å². The molecule has 1 unspecified atom stereocenters. The molecule has 1 atom stereocenters. The van der Waals surface area contributed by atoms with Crippen LogP contribution in [-0.4, -0.2) is 61.4 Å². The van der Waals surface area contributed by atoms with Crippen molar-refractivity contribution in [2.75, 3.05) is 31.9 Å². The van der Waals surface area contributed by atoms with E-state index in [1.54, 1.807) is 10.9 Å². The van der Waals surface area contributed by atoms with Gasteiger partial charge in [-0.25, -0.2) is 15.0 Å². The van der Waals surface area contributed by atoms with E-state index in [0.717, 1.165) is 25.2 Å². The quantitative estimate of drug-likeness (QED) is 0.661. The van der Waals surface area contributed by atoms with Gasteiger partial charge in [0.15, 0.2) is 11.5 Å². The SMILES string of the molecule is CC(C(=O)N(CCN1CCCC1)Cc1ccccc1)n1cnc2c(N)ncnc21. The molecule has 1 aromatic carbocycles. The van der Waals surface area contributed by atoms with E-state index in [4.69, 9.17) is 5.73 Å². The number of carbonyl (C=O) groups is 1. The van der Waals surface area contributed by atoms with Crippen molar-refractivity contribution in [3.63, 3.8) is 0 Å². The molecule has 2 aromatic heterocycles. The van der Waals surface area contributed by atoms with Crippen LogP contribution in [0, 0.1) is 0 Å². The number of aromatic nitrogens is 4. The van der Waals surface area contributed by atoms with Crippen molar-refractivity contribution < 1.29 is 4.79 Å². The molecule has 3 heterocycles. The average molecular weight is 393 g/mol. The first kappa shape index (κ1) is 19.3. The Morgan fingerprint density at radius 2 is 1.93 bits per heavy atom. The molecule has 2 N–H and O–H groups in total. The zero-order chi connectivity index (χ0) is 20.2. The van der Waals surface area contributed by atoms with Crippen LogP contribution < -0.4 is 5.73 Å². The van der Waals surface area contributed by atoms with Crippen LogP contribution in [0.4, 0.5) is 5.82 Å². The molecule has 0 radical (unpaired) electrons. The van der Waals surface area contributed by atoms with Crippen molar-refractivity contribution in [1.82, 2.24) is 29.3 Å². The Morgan fingerprint density at radius 1 is 1.17 bits per heavy atom. The summed E-state index contributed by atoms with van der Waals surface area (Å²) in [7, 11) is 0. The molecule has 0 saturated carbocycles. The number of benzene rings is 1. The predicted octanol–water partition coefficient (Wildman–Crippen LogP) is 2.09. The van der Waals surface area contributed by atoms with E-state index in [1.807, 2.05) is 30.0 Å². The number of carbonyl (C=O) groups excluding carboxylic acids is 1. The molecule has 29 heavy (non-hydrogen) atoms. The maximum Gasteiger partial charge on any atom is 0.245 e. The second-order valence-corrected chi connectivity index (χ2v) is 7.55. The van der Waals surface area contributed by atoms with Gasteiger partial charge in [-0.1, -0.05) is 30.3 Å². The van der Waals surface area contributed by atoms with Gasteiger partial charge in [-0.2, -0.15) is 0 Å². The molecule has 4 rings (SSSR count). The van der Waals surface area contributed by atoms with Crippen LogP contribution >= 0.6 is 0 Å². The van der Waals surface area contributed by atoms with Gasteiger partial charge >= 0.3 is 0 Å². The fourth-order valence-electron chi connectivity index (χ4n) is 3.88. The molecule has 1 aliphatic rings. The van der Waals surface area contributed by atoms with Crippen LogP contribution in [0.2, 0.25) is 0 Å². The summed E-state index contributed by atoms with van der Waals surface area (Å²) in [6.07, 6.45) is 5.51. The van der Waals surface area contributed by atoms with E-state index in [0.29, 0.717) is 30.1 Å². The van der Waals surface area contributed by atoms with Crippen LogP contribution in [0.3, 0.4) is 0 Å². The lowest BCUT2D eigenvalue weighted by Crippen LogP contribution is -2.40. The van der Waals surface area contributed by atoms with Crippen molar-refractivity contribution in [2.45, 2.75) is 32.4 Å². The van der Waals surface area contributed by atoms with Crippen molar-refractivity contribution in [3.8, 4) is 0 Å². The molecule has 8 heteroatoms. The minimum Gasteiger partial charge on any atom is -0.382 e. The number of likely N-dealkylation sites (tertiary alicyclic amines) is 1. The number of imidazole rings is 1. The van der Waals surface area contributed by atoms with Gasteiger partial charge in [0.1, 0.15) is 17.9 Å². The fourth-order valence-corrected chi connectivity index (χ4v) is 3.88. The molecule has 3 aromatic rings.